The van der Waals surface area contributed by atoms with Gasteiger partial charge in [-0.05, 0) is 19.4 Å². The molecule has 6 heteroatoms. The summed E-state index contributed by atoms with van der Waals surface area (Å²) < 4.78 is 13.4. The molecule has 1 N–H and O–H groups in total. The zero-order valence-electron chi connectivity index (χ0n) is 10.1. The topological polar surface area (TPSA) is 72.2 Å². The maximum absolute atomic E-state index is 11.6. The SMILES string of the molecule is CCC(C)n1ccc(CS(=O)CCC(=O)O)n1. The van der Waals surface area contributed by atoms with Gasteiger partial charge in [0, 0.05) is 28.8 Å². The maximum atomic E-state index is 11.6. The number of aliphatic carboxylic acids is 1. The van der Waals surface area contributed by atoms with Gasteiger partial charge in [-0.15, -0.1) is 0 Å². The van der Waals surface area contributed by atoms with E-state index < -0.39 is 16.8 Å². The van der Waals surface area contributed by atoms with Crippen LogP contribution >= 0.6 is 0 Å². The van der Waals surface area contributed by atoms with Crippen LogP contribution in [0.1, 0.15) is 38.4 Å². The lowest BCUT2D eigenvalue weighted by molar-refractivity contribution is -0.136. The highest BCUT2D eigenvalue weighted by Gasteiger charge is 2.09. The third-order valence-corrected chi connectivity index (χ3v) is 3.84. The first-order valence-corrected chi connectivity index (χ1v) is 7.12. The molecule has 1 rings (SSSR count). The Kier molecular flexibility index (Phi) is 5.34. The summed E-state index contributed by atoms with van der Waals surface area (Å²) in [5, 5.41) is 12.8. The van der Waals surface area contributed by atoms with Crippen molar-refractivity contribution in [3.05, 3.63) is 18.0 Å². The summed E-state index contributed by atoms with van der Waals surface area (Å²) in [4.78, 5) is 10.3. The van der Waals surface area contributed by atoms with Crippen LogP contribution in [-0.2, 0) is 21.3 Å². The molecule has 0 saturated heterocycles. The fourth-order valence-electron chi connectivity index (χ4n) is 1.33. The van der Waals surface area contributed by atoms with Gasteiger partial charge in [-0.3, -0.25) is 13.7 Å². The summed E-state index contributed by atoms with van der Waals surface area (Å²) in [6.45, 7) is 4.15. The molecule has 0 amide bonds. The Bertz CT molecular complexity index is 403. The van der Waals surface area contributed by atoms with E-state index in [2.05, 4.69) is 18.9 Å². The number of hydrogen-bond donors (Lipinski definition) is 1. The van der Waals surface area contributed by atoms with E-state index in [9.17, 15) is 9.00 Å². The van der Waals surface area contributed by atoms with Crippen molar-refractivity contribution in [1.29, 1.82) is 0 Å². The van der Waals surface area contributed by atoms with Crippen LogP contribution in [0.25, 0.3) is 0 Å². The first-order chi connectivity index (χ1) is 8.02. The van der Waals surface area contributed by atoms with Crippen LogP contribution in [0, 0.1) is 0 Å². The first-order valence-electron chi connectivity index (χ1n) is 5.63. The molecule has 0 aliphatic heterocycles. The Hall–Kier alpha value is -1.17. The predicted octanol–water partition coefficient (Wildman–Crippen LogP) is 1.58. The summed E-state index contributed by atoms with van der Waals surface area (Å²) in [6, 6.07) is 2.17. The minimum Gasteiger partial charge on any atom is -0.481 e. The summed E-state index contributed by atoms with van der Waals surface area (Å²) >= 11 is 0. The Morgan fingerprint density at radius 3 is 2.94 bits per heavy atom. The summed E-state index contributed by atoms with van der Waals surface area (Å²) in [6.07, 6.45) is 2.81. The predicted molar refractivity (Wildman–Crippen MR) is 66.2 cm³/mol. The van der Waals surface area contributed by atoms with Gasteiger partial charge in [0.15, 0.2) is 0 Å². The van der Waals surface area contributed by atoms with E-state index in [1.807, 2.05) is 16.9 Å². The minimum atomic E-state index is -1.15. The second-order valence-electron chi connectivity index (χ2n) is 3.98. The molecule has 0 aromatic carbocycles. The van der Waals surface area contributed by atoms with Gasteiger partial charge in [-0.1, -0.05) is 6.92 Å². The van der Waals surface area contributed by atoms with Crippen molar-refractivity contribution in [2.24, 2.45) is 0 Å². The van der Waals surface area contributed by atoms with Crippen molar-refractivity contribution in [2.75, 3.05) is 5.75 Å². The quantitative estimate of drug-likeness (QED) is 0.806. The number of rotatable bonds is 7. The normalized spacial score (nSPS) is 14.5. The van der Waals surface area contributed by atoms with E-state index >= 15 is 0 Å². The number of aromatic nitrogens is 2. The highest BCUT2D eigenvalue weighted by atomic mass is 32.2. The molecule has 0 bridgehead atoms. The van der Waals surface area contributed by atoms with Crippen LogP contribution in [0.15, 0.2) is 12.3 Å². The lowest BCUT2D eigenvalue weighted by Crippen LogP contribution is -2.08. The third-order valence-electron chi connectivity index (χ3n) is 2.56. The molecule has 2 atom stereocenters. The molecule has 96 valence electrons. The second kappa shape index (κ2) is 6.54. The van der Waals surface area contributed by atoms with Gasteiger partial charge in [0.1, 0.15) is 0 Å². The minimum absolute atomic E-state index is 0.0569. The Morgan fingerprint density at radius 2 is 2.35 bits per heavy atom. The van der Waals surface area contributed by atoms with Crippen molar-refractivity contribution in [1.82, 2.24) is 9.78 Å². The number of carboxylic acids is 1. The van der Waals surface area contributed by atoms with E-state index in [-0.39, 0.29) is 12.2 Å². The summed E-state index contributed by atoms with van der Waals surface area (Å²) in [5.74, 6) is -0.397. The molecular weight excluding hydrogens is 240 g/mol. The second-order valence-corrected chi connectivity index (χ2v) is 5.55. The van der Waals surface area contributed by atoms with Gasteiger partial charge in [0.05, 0.1) is 17.9 Å². The van der Waals surface area contributed by atoms with Gasteiger partial charge >= 0.3 is 5.97 Å². The molecular formula is C11H18N2O3S. The number of carboxylic acid groups (broad SMARTS) is 1. The Labute approximate surface area is 103 Å². The molecule has 5 nitrogen and oxygen atoms in total. The smallest absolute Gasteiger partial charge is 0.304 e. The maximum Gasteiger partial charge on any atom is 0.304 e. The highest BCUT2D eigenvalue weighted by molar-refractivity contribution is 7.84. The van der Waals surface area contributed by atoms with Gasteiger partial charge in [-0.25, -0.2) is 0 Å². The lowest BCUT2D eigenvalue weighted by Gasteiger charge is -2.07. The van der Waals surface area contributed by atoms with Crippen molar-refractivity contribution in [2.45, 2.75) is 38.5 Å². The molecule has 0 saturated carbocycles. The van der Waals surface area contributed by atoms with Crippen molar-refractivity contribution < 1.29 is 14.1 Å². The fraction of sp³-hybridized carbons (Fsp3) is 0.636. The van der Waals surface area contributed by atoms with Crippen molar-refractivity contribution in [3.63, 3.8) is 0 Å². The molecule has 0 spiro atoms. The Morgan fingerprint density at radius 1 is 1.65 bits per heavy atom. The van der Waals surface area contributed by atoms with Crippen LogP contribution in [0.5, 0.6) is 0 Å². The zero-order chi connectivity index (χ0) is 12.8. The van der Waals surface area contributed by atoms with E-state index in [1.165, 1.54) is 0 Å². The fourth-order valence-corrected chi connectivity index (χ4v) is 2.36. The largest absolute Gasteiger partial charge is 0.481 e. The van der Waals surface area contributed by atoms with Gasteiger partial charge in [0.25, 0.3) is 0 Å². The highest BCUT2D eigenvalue weighted by Crippen LogP contribution is 2.10. The van der Waals surface area contributed by atoms with Gasteiger partial charge in [0.2, 0.25) is 0 Å². The Balaban J connectivity index is 2.48. The first kappa shape index (κ1) is 13.9. The third kappa shape index (κ3) is 4.68. The van der Waals surface area contributed by atoms with Crippen LogP contribution in [-0.4, -0.2) is 30.8 Å². The van der Waals surface area contributed by atoms with Crippen LogP contribution < -0.4 is 0 Å². The molecule has 1 heterocycles. The van der Waals surface area contributed by atoms with E-state index in [4.69, 9.17) is 5.11 Å². The van der Waals surface area contributed by atoms with E-state index in [1.54, 1.807) is 0 Å². The summed E-state index contributed by atoms with van der Waals surface area (Å²) in [7, 11) is -1.15. The van der Waals surface area contributed by atoms with E-state index in [0.29, 0.717) is 11.8 Å². The zero-order valence-corrected chi connectivity index (χ0v) is 10.9. The van der Waals surface area contributed by atoms with Gasteiger partial charge in [-0.2, -0.15) is 5.10 Å². The van der Waals surface area contributed by atoms with E-state index in [0.717, 1.165) is 12.1 Å². The molecule has 0 aliphatic rings. The van der Waals surface area contributed by atoms with Crippen LogP contribution in [0.2, 0.25) is 0 Å². The molecule has 1 aromatic rings. The molecule has 0 aliphatic carbocycles. The molecule has 0 radical (unpaired) electrons. The number of carbonyl (C=O) groups is 1. The lowest BCUT2D eigenvalue weighted by atomic mass is 10.3. The number of nitrogens with zero attached hydrogens (tertiary/aromatic N) is 2. The average Bonchev–Trinajstić information content (AvgIpc) is 2.73. The van der Waals surface area contributed by atoms with Crippen LogP contribution in [0.4, 0.5) is 0 Å². The van der Waals surface area contributed by atoms with Crippen molar-refractivity contribution in [3.8, 4) is 0 Å². The molecule has 1 aromatic heterocycles. The number of hydrogen-bond acceptors (Lipinski definition) is 3. The summed E-state index contributed by atoms with van der Waals surface area (Å²) in [5.41, 5.74) is 0.758. The van der Waals surface area contributed by atoms with Crippen molar-refractivity contribution >= 4 is 16.8 Å². The monoisotopic (exact) mass is 258 g/mol. The average molecular weight is 258 g/mol. The van der Waals surface area contributed by atoms with Gasteiger partial charge < -0.3 is 5.11 Å². The molecule has 2 unspecified atom stereocenters. The molecule has 17 heavy (non-hydrogen) atoms. The molecule has 0 fully saturated rings. The standard InChI is InChI=1S/C11H18N2O3S/c1-3-9(2)13-6-4-10(12-13)8-17(16)7-5-11(14)15/h4,6,9H,3,5,7-8H2,1-2H3,(H,14,15). The van der Waals surface area contributed by atoms with Crippen LogP contribution in [0.3, 0.4) is 0 Å².